The molecule has 1 fully saturated rings. The maximum Gasteiger partial charge on any atom is 0.251 e. The molecule has 22 heavy (non-hydrogen) atoms. The number of hydrogen-bond donors (Lipinski definition) is 2. The molecule has 0 heterocycles. The zero-order chi connectivity index (χ0) is 16.2. The van der Waals surface area contributed by atoms with E-state index in [4.69, 9.17) is 0 Å². The van der Waals surface area contributed by atoms with Crippen LogP contribution in [0.2, 0.25) is 0 Å². The van der Waals surface area contributed by atoms with Crippen molar-refractivity contribution in [3.63, 3.8) is 0 Å². The van der Waals surface area contributed by atoms with Gasteiger partial charge >= 0.3 is 0 Å². The Morgan fingerprint density at radius 2 is 1.95 bits per heavy atom. The average Bonchev–Trinajstić information content (AvgIpc) is 2.97. The lowest BCUT2D eigenvalue weighted by Crippen LogP contribution is -2.33. The minimum absolute atomic E-state index is 0.0173. The molecule has 2 N–H and O–H groups in total. The van der Waals surface area contributed by atoms with Crippen molar-refractivity contribution in [3.05, 3.63) is 29.3 Å². The predicted octanol–water partition coefficient (Wildman–Crippen LogP) is 2.36. The molecule has 0 aliphatic heterocycles. The maximum absolute atomic E-state index is 12.4. The highest BCUT2D eigenvalue weighted by Gasteiger charge is 2.24. The van der Waals surface area contributed by atoms with Crippen LogP contribution in [0.4, 0.5) is 0 Å². The molecule has 1 amide bonds. The van der Waals surface area contributed by atoms with Crippen LogP contribution < -0.4 is 10.0 Å². The van der Waals surface area contributed by atoms with Crippen LogP contribution in [0.15, 0.2) is 23.1 Å². The van der Waals surface area contributed by atoms with Crippen LogP contribution in [0.1, 0.15) is 54.9 Å². The van der Waals surface area contributed by atoms with E-state index in [1.165, 1.54) is 6.07 Å². The van der Waals surface area contributed by atoms with E-state index >= 15 is 0 Å². The maximum atomic E-state index is 12.4. The van der Waals surface area contributed by atoms with Gasteiger partial charge in [0.2, 0.25) is 10.0 Å². The summed E-state index contributed by atoms with van der Waals surface area (Å²) in [6.07, 6.45) is 4.73. The van der Waals surface area contributed by atoms with Gasteiger partial charge in [-0.15, -0.1) is 0 Å². The monoisotopic (exact) mass is 324 g/mol. The molecule has 0 aromatic heterocycles. The summed E-state index contributed by atoms with van der Waals surface area (Å²) in [7, 11) is -3.57. The Labute approximate surface area is 132 Å². The quantitative estimate of drug-likeness (QED) is 0.843. The first-order valence-electron chi connectivity index (χ1n) is 7.85. The number of amides is 1. The highest BCUT2D eigenvalue weighted by molar-refractivity contribution is 7.89. The summed E-state index contributed by atoms with van der Waals surface area (Å²) in [5.74, 6) is -0.225. The number of carbonyl (C=O) groups excluding carboxylic acids is 1. The second-order valence-corrected chi connectivity index (χ2v) is 7.55. The lowest BCUT2D eigenvalue weighted by molar-refractivity contribution is 0.0953. The van der Waals surface area contributed by atoms with Crippen molar-refractivity contribution in [1.82, 2.24) is 10.0 Å². The number of nitrogens with one attached hydrogen (secondary N) is 2. The van der Waals surface area contributed by atoms with E-state index < -0.39 is 10.0 Å². The normalized spacial score (nSPS) is 15.9. The van der Waals surface area contributed by atoms with E-state index in [1.807, 2.05) is 13.8 Å². The number of rotatable bonds is 6. The van der Waals surface area contributed by atoms with Crippen LogP contribution >= 0.6 is 0 Å². The topological polar surface area (TPSA) is 75.3 Å². The van der Waals surface area contributed by atoms with Crippen LogP contribution in [-0.2, 0) is 10.0 Å². The Hall–Kier alpha value is -1.40. The number of sulfonamides is 1. The first kappa shape index (κ1) is 17.0. The van der Waals surface area contributed by atoms with Crippen LogP contribution in [0.3, 0.4) is 0 Å². The summed E-state index contributed by atoms with van der Waals surface area (Å²) in [6.45, 7) is 4.36. The third-order valence-corrected chi connectivity index (χ3v) is 5.49. The fourth-order valence-corrected chi connectivity index (χ4v) is 4.01. The van der Waals surface area contributed by atoms with E-state index in [1.54, 1.807) is 12.1 Å². The van der Waals surface area contributed by atoms with Crippen molar-refractivity contribution in [2.45, 2.75) is 56.9 Å². The molecule has 1 saturated carbocycles. The van der Waals surface area contributed by atoms with Crippen molar-refractivity contribution >= 4 is 15.9 Å². The van der Waals surface area contributed by atoms with Gasteiger partial charge in [-0.1, -0.05) is 25.8 Å². The zero-order valence-electron chi connectivity index (χ0n) is 13.2. The lowest BCUT2D eigenvalue weighted by atomic mass is 10.1. The molecule has 2 rings (SSSR count). The highest BCUT2D eigenvalue weighted by Crippen LogP contribution is 2.21. The Morgan fingerprint density at radius 1 is 1.27 bits per heavy atom. The molecule has 1 aliphatic carbocycles. The van der Waals surface area contributed by atoms with Crippen LogP contribution in [0.25, 0.3) is 0 Å². The summed E-state index contributed by atoms with van der Waals surface area (Å²) < 4.78 is 27.6. The van der Waals surface area contributed by atoms with E-state index in [0.29, 0.717) is 12.1 Å². The molecule has 0 unspecified atom stereocenters. The Balaban J connectivity index is 2.22. The molecular weight excluding hydrogens is 300 g/mol. The van der Waals surface area contributed by atoms with Crippen molar-refractivity contribution < 1.29 is 13.2 Å². The zero-order valence-corrected chi connectivity index (χ0v) is 14.0. The fourth-order valence-electron chi connectivity index (χ4n) is 2.68. The Kier molecular flexibility index (Phi) is 5.58. The number of hydrogen-bond acceptors (Lipinski definition) is 3. The van der Waals surface area contributed by atoms with Gasteiger partial charge in [0.05, 0.1) is 4.90 Å². The smallest absolute Gasteiger partial charge is 0.251 e. The van der Waals surface area contributed by atoms with Crippen LogP contribution in [0.5, 0.6) is 0 Å². The first-order valence-corrected chi connectivity index (χ1v) is 9.33. The van der Waals surface area contributed by atoms with Crippen molar-refractivity contribution in [3.8, 4) is 0 Å². The molecule has 5 nitrogen and oxygen atoms in total. The summed E-state index contributed by atoms with van der Waals surface area (Å²) in [5, 5.41) is 2.79. The average molecular weight is 324 g/mol. The van der Waals surface area contributed by atoms with Crippen LogP contribution in [-0.4, -0.2) is 26.9 Å². The van der Waals surface area contributed by atoms with Crippen LogP contribution in [0, 0.1) is 6.92 Å². The van der Waals surface area contributed by atoms with Gasteiger partial charge in [-0.2, -0.15) is 0 Å². The largest absolute Gasteiger partial charge is 0.352 e. The summed E-state index contributed by atoms with van der Waals surface area (Å²) in [4.78, 5) is 12.3. The second kappa shape index (κ2) is 7.24. The molecular formula is C16H24N2O3S. The lowest BCUT2D eigenvalue weighted by Gasteiger charge is -2.14. The van der Waals surface area contributed by atoms with Gasteiger partial charge in [0.25, 0.3) is 5.91 Å². The fraction of sp³-hybridized carbons (Fsp3) is 0.562. The molecule has 6 heteroatoms. The van der Waals surface area contributed by atoms with Gasteiger partial charge in [-0.3, -0.25) is 4.79 Å². The van der Waals surface area contributed by atoms with E-state index in [0.717, 1.165) is 37.7 Å². The Bertz CT molecular complexity index is 635. The summed E-state index contributed by atoms with van der Waals surface area (Å²) >= 11 is 0. The Morgan fingerprint density at radius 3 is 2.59 bits per heavy atom. The summed E-state index contributed by atoms with van der Waals surface area (Å²) in [6, 6.07) is 4.73. The molecule has 1 aromatic carbocycles. The molecule has 0 radical (unpaired) electrons. The van der Waals surface area contributed by atoms with E-state index in [-0.39, 0.29) is 16.8 Å². The van der Waals surface area contributed by atoms with E-state index in [2.05, 4.69) is 10.0 Å². The van der Waals surface area contributed by atoms with Crippen molar-refractivity contribution in [2.24, 2.45) is 0 Å². The molecule has 1 aliphatic rings. The van der Waals surface area contributed by atoms with Crippen molar-refractivity contribution in [2.75, 3.05) is 6.54 Å². The molecule has 122 valence electrons. The molecule has 1 aromatic rings. The molecule has 0 atom stereocenters. The van der Waals surface area contributed by atoms with Crippen molar-refractivity contribution in [1.29, 1.82) is 0 Å². The highest BCUT2D eigenvalue weighted by atomic mass is 32.2. The summed E-state index contributed by atoms with van der Waals surface area (Å²) in [5.41, 5.74) is 1.19. The number of carbonyl (C=O) groups is 1. The van der Waals surface area contributed by atoms with Gasteiger partial charge in [0.15, 0.2) is 0 Å². The third kappa shape index (κ3) is 4.08. The predicted molar refractivity (Wildman–Crippen MR) is 86.4 cm³/mol. The van der Waals surface area contributed by atoms with Gasteiger partial charge < -0.3 is 5.32 Å². The molecule has 0 spiro atoms. The van der Waals surface area contributed by atoms with Gasteiger partial charge in [0, 0.05) is 18.2 Å². The number of benzene rings is 1. The standard InChI is InChI=1S/C16H24N2O3S/c1-3-10-17-16(19)15-11-14(9-8-12(15)2)22(20,21)18-13-6-4-5-7-13/h8-9,11,13,18H,3-7,10H2,1-2H3,(H,17,19). The van der Waals surface area contributed by atoms with Gasteiger partial charge in [-0.05, 0) is 43.9 Å². The van der Waals surface area contributed by atoms with Gasteiger partial charge in [-0.25, -0.2) is 13.1 Å². The minimum atomic E-state index is -3.57. The first-order chi connectivity index (χ1) is 10.4. The minimum Gasteiger partial charge on any atom is -0.352 e. The SMILES string of the molecule is CCCNC(=O)c1cc(S(=O)(=O)NC2CCCC2)ccc1C. The van der Waals surface area contributed by atoms with E-state index in [9.17, 15) is 13.2 Å². The third-order valence-electron chi connectivity index (χ3n) is 3.98. The second-order valence-electron chi connectivity index (χ2n) is 5.84. The van der Waals surface area contributed by atoms with Gasteiger partial charge in [0.1, 0.15) is 0 Å². The molecule has 0 saturated heterocycles. The number of aryl methyl sites for hydroxylation is 1. The molecule has 0 bridgehead atoms.